The van der Waals surface area contributed by atoms with E-state index in [4.69, 9.17) is 22.2 Å². The van der Waals surface area contributed by atoms with Crippen LogP contribution in [0.5, 0.6) is 5.88 Å². The number of halogens is 1. The molecule has 1 atom stereocenters. The predicted molar refractivity (Wildman–Crippen MR) is 71.4 cm³/mol. The summed E-state index contributed by atoms with van der Waals surface area (Å²) in [5.41, 5.74) is 4.58. The van der Waals surface area contributed by atoms with Crippen molar-refractivity contribution >= 4 is 11.6 Å². The zero-order valence-electron chi connectivity index (χ0n) is 9.93. The number of methoxy groups -OCH3 is 1. The van der Waals surface area contributed by atoms with Crippen LogP contribution in [0.1, 0.15) is 17.2 Å². The van der Waals surface area contributed by atoms with Gasteiger partial charge in [0.2, 0.25) is 5.88 Å². The summed E-state index contributed by atoms with van der Waals surface area (Å²) in [5.74, 6) is 6.18. The standard InChI is InChI=1S/C13H14ClN3O/c1-18-13-11(6-3-7-16-13)12(17-15)9-4-2-5-10(14)8-9/h2-8,12,17H,15H2,1H3. The second-order valence-electron chi connectivity index (χ2n) is 3.76. The molecular formula is C13H14ClN3O. The number of hydrogen-bond donors (Lipinski definition) is 2. The lowest BCUT2D eigenvalue weighted by Crippen LogP contribution is -2.29. The predicted octanol–water partition coefficient (Wildman–Crippen LogP) is 2.30. The molecule has 3 N–H and O–H groups in total. The molecule has 0 amide bonds. The largest absolute Gasteiger partial charge is 0.481 e. The molecule has 1 aromatic heterocycles. The summed E-state index contributed by atoms with van der Waals surface area (Å²) < 4.78 is 5.24. The molecular weight excluding hydrogens is 250 g/mol. The fourth-order valence-corrected chi connectivity index (χ4v) is 2.04. The van der Waals surface area contributed by atoms with Gasteiger partial charge in [-0.3, -0.25) is 5.84 Å². The molecule has 5 heteroatoms. The lowest BCUT2D eigenvalue weighted by atomic mass is 10.0. The van der Waals surface area contributed by atoms with E-state index in [1.54, 1.807) is 13.3 Å². The van der Waals surface area contributed by atoms with Gasteiger partial charge in [-0.2, -0.15) is 0 Å². The number of hydrazine groups is 1. The Bertz CT molecular complexity index is 533. The maximum atomic E-state index is 5.99. The monoisotopic (exact) mass is 263 g/mol. The topological polar surface area (TPSA) is 60.2 Å². The van der Waals surface area contributed by atoms with Gasteiger partial charge in [-0.05, 0) is 23.8 Å². The molecule has 0 bridgehead atoms. The molecule has 0 aliphatic heterocycles. The molecule has 0 saturated carbocycles. The summed E-state index contributed by atoms with van der Waals surface area (Å²) >= 11 is 5.99. The van der Waals surface area contributed by atoms with Gasteiger partial charge in [0.25, 0.3) is 0 Å². The van der Waals surface area contributed by atoms with E-state index < -0.39 is 0 Å². The van der Waals surface area contributed by atoms with E-state index in [0.29, 0.717) is 10.9 Å². The number of nitrogens with two attached hydrogens (primary N) is 1. The lowest BCUT2D eigenvalue weighted by molar-refractivity contribution is 0.387. The van der Waals surface area contributed by atoms with E-state index in [2.05, 4.69) is 10.4 Å². The van der Waals surface area contributed by atoms with Crippen LogP contribution >= 0.6 is 11.6 Å². The molecule has 0 saturated heterocycles. The van der Waals surface area contributed by atoms with E-state index >= 15 is 0 Å². The lowest BCUT2D eigenvalue weighted by Gasteiger charge is -2.18. The van der Waals surface area contributed by atoms with Crippen LogP contribution in [-0.2, 0) is 0 Å². The first-order chi connectivity index (χ1) is 8.76. The zero-order chi connectivity index (χ0) is 13.0. The van der Waals surface area contributed by atoms with Crippen molar-refractivity contribution in [2.24, 2.45) is 5.84 Å². The van der Waals surface area contributed by atoms with Gasteiger partial charge < -0.3 is 4.74 Å². The first kappa shape index (κ1) is 12.8. The Labute approximate surface area is 111 Å². The van der Waals surface area contributed by atoms with Crippen LogP contribution in [0.2, 0.25) is 5.02 Å². The molecule has 2 aromatic rings. The van der Waals surface area contributed by atoms with E-state index in [-0.39, 0.29) is 6.04 Å². The fourth-order valence-electron chi connectivity index (χ4n) is 1.85. The van der Waals surface area contributed by atoms with Crippen LogP contribution in [0.4, 0.5) is 0 Å². The molecule has 1 heterocycles. The van der Waals surface area contributed by atoms with Crippen LogP contribution in [-0.4, -0.2) is 12.1 Å². The SMILES string of the molecule is COc1ncccc1C(NN)c1cccc(Cl)c1. The second kappa shape index (κ2) is 5.82. The smallest absolute Gasteiger partial charge is 0.218 e. The Balaban J connectivity index is 2.45. The van der Waals surface area contributed by atoms with E-state index in [0.717, 1.165) is 11.1 Å². The Hall–Kier alpha value is -1.62. The summed E-state index contributed by atoms with van der Waals surface area (Å²) in [5, 5.41) is 0.663. The quantitative estimate of drug-likeness (QED) is 0.656. The van der Waals surface area contributed by atoms with Crippen LogP contribution < -0.4 is 16.0 Å². The highest BCUT2D eigenvalue weighted by Gasteiger charge is 2.17. The van der Waals surface area contributed by atoms with Crippen LogP contribution in [0.15, 0.2) is 42.6 Å². The van der Waals surface area contributed by atoms with Gasteiger partial charge in [0.15, 0.2) is 0 Å². The molecule has 0 fully saturated rings. The Morgan fingerprint density at radius 2 is 2.17 bits per heavy atom. The molecule has 94 valence electrons. The average molecular weight is 264 g/mol. The first-order valence-corrected chi connectivity index (χ1v) is 5.84. The minimum Gasteiger partial charge on any atom is -0.481 e. The van der Waals surface area contributed by atoms with E-state index in [1.807, 2.05) is 36.4 Å². The van der Waals surface area contributed by atoms with Crippen molar-refractivity contribution in [1.82, 2.24) is 10.4 Å². The molecule has 18 heavy (non-hydrogen) atoms. The van der Waals surface area contributed by atoms with Gasteiger partial charge in [-0.25, -0.2) is 10.4 Å². The van der Waals surface area contributed by atoms with Crippen molar-refractivity contribution in [3.05, 3.63) is 58.7 Å². The molecule has 4 nitrogen and oxygen atoms in total. The third kappa shape index (κ3) is 2.61. The molecule has 0 radical (unpaired) electrons. The van der Waals surface area contributed by atoms with Crippen molar-refractivity contribution in [3.63, 3.8) is 0 Å². The van der Waals surface area contributed by atoms with Gasteiger partial charge in [0.05, 0.1) is 13.2 Å². The normalized spacial score (nSPS) is 12.2. The van der Waals surface area contributed by atoms with Crippen LogP contribution in [0, 0.1) is 0 Å². The average Bonchev–Trinajstić information content (AvgIpc) is 2.40. The molecule has 2 rings (SSSR count). The van der Waals surface area contributed by atoms with Crippen molar-refractivity contribution in [3.8, 4) is 5.88 Å². The van der Waals surface area contributed by atoms with E-state index in [9.17, 15) is 0 Å². The summed E-state index contributed by atoms with van der Waals surface area (Å²) in [6.07, 6.45) is 1.67. The van der Waals surface area contributed by atoms with Crippen molar-refractivity contribution in [2.75, 3.05) is 7.11 Å². The van der Waals surface area contributed by atoms with Crippen molar-refractivity contribution in [1.29, 1.82) is 0 Å². The Morgan fingerprint density at radius 3 is 2.83 bits per heavy atom. The maximum absolute atomic E-state index is 5.99. The number of nitrogens with one attached hydrogen (secondary N) is 1. The highest BCUT2D eigenvalue weighted by atomic mass is 35.5. The maximum Gasteiger partial charge on any atom is 0.218 e. The molecule has 0 aliphatic rings. The number of nitrogens with zero attached hydrogens (tertiary/aromatic N) is 1. The van der Waals surface area contributed by atoms with Crippen LogP contribution in [0.3, 0.4) is 0 Å². The van der Waals surface area contributed by atoms with Crippen LogP contribution in [0.25, 0.3) is 0 Å². The molecule has 0 spiro atoms. The van der Waals surface area contributed by atoms with Gasteiger partial charge in [0.1, 0.15) is 0 Å². The molecule has 0 aliphatic carbocycles. The summed E-state index contributed by atoms with van der Waals surface area (Å²) in [6.45, 7) is 0. The van der Waals surface area contributed by atoms with E-state index in [1.165, 1.54) is 0 Å². The zero-order valence-corrected chi connectivity index (χ0v) is 10.7. The number of pyridine rings is 1. The number of aromatic nitrogens is 1. The summed E-state index contributed by atoms with van der Waals surface area (Å²) in [4.78, 5) is 4.16. The number of rotatable bonds is 4. The number of ether oxygens (including phenoxy) is 1. The highest BCUT2D eigenvalue weighted by Crippen LogP contribution is 2.28. The summed E-state index contributed by atoms with van der Waals surface area (Å²) in [6, 6.07) is 11.0. The van der Waals surface area contributed by atoms with Crippen molar-refractivity contribution in [2.45, 2.75) is 6.04 Å². The Morgan fingerprint density at radius 1 is 1.33 bits per heavy atom. The van der Waals surface area contributed by atoms with Gasteiger partial charge in [-0.1, -0.05) is 29.8 Å². The van der Waals surface area contributed by atoms with Gasteiger partial charge in [-0.15, -0.1) is 0 Å². The summed E-state index contributed by atoms with van der Waals surface area (Å²) in [7, 11) is 1.58. The Kier molecular flexibility index (Phi) is 4.15. The first-order valence-electron chi connectivity index (χ1n) is 5.46. The highest BCUT2D eigenvalue weighted by molar-refractivity contribution is 6.30. The minimum absolute atomic E-state index is 0.215. The second-order valence-corrected chi connectivity index (χ2v) is 4.19. The molecule has 1 aromatic carbocycles. The third-order valence-electron chi connectivity index (χ3n) is 2.65. The molecule has 1 unspecified atom stereocenters. The fraction of sp³-hybridized carbons (Fsp3) is 0.154. The van der Waals surface area contributed by atoms with Gasteiger partial charge in [0, 0.05) is 16.8 Å². The van der Waals surface area contributed by atoms with Crippen molar-refractivity contribution < 1.29 is 4.74 Å². The third-order valence-corrected chi connectivity index (χ3v) is 2.89. The minimum atomic E-state index is -0.215. The number of benzene rings is 1. The number of hydrogen-bond acceptors (Lipinski definition) is 4. The van der Waals surface area contributed by atoms with Gasteiger partial charge >= 0.3 is 0 Å².